The van der Waals surface area contributed by atoms with Gasteiger partial charge in [0.05, 0.1) is 0 Å². The zero-order valence-electron chi connectivity index (χ0n) is 9.14. The van der Waals surface area contributed by atoms with E-state index in [1.807, 2.05) is 0 Å². The first kappa shape index (κ1) is 11.7. The van der Waals surface area contributed by atoms with Gasteiger partial charge < -0.3 is 0 Å². The highest BCUT2D eigenvalue weighted by Crippen LogP contribution is 2.20. The Kier molecular flexibility index (Phi) is 7.23. The zero-order valence-corrected chi connectivity index (χ0v) is 9.14. The predicted molar refractivity (Wildman–Crippen MR) is 57.3 cm³/mol. The molecule has 0 aliphatic heterocycles. The molecule has 0 saturated carbocycles. The molecule has 0 bridgehead atoms. The van der Waals surface area contributed by atoms with Crippen molar-refractivity contribution in [2.45, 2.75) is 53.4 Å². The minimum atomic E-state index is 0.862. The number of allylic oxidation sites excluding steroid dienone is 2. The SMILES string of the molecule is CC=CCCC(CC)CC(C)C. The first-order valence-corrected chi connectivity index (χ1v) is 5.31. The third-order valence-corrected chi connectivity index (χ3v) is 2.36. The van der Waals surface area contributed by atoms with Crippen LogP contribution in [0.15, 0.2) is 12.2 Å². The monoisotopic (exact) mass is 168 g/mol. The van der Waals surface area contributed by atoms with E-state index in [4.69, 9.17) is 0 Å². The molecule has 0 aliphatic carbocycles. The van der Waals surface area contributed by atoms with Crippen LogP contribution in [0.3, 0.4) is 0 Å². The molecule has 0 radical (unpaired) electrons. The van der Waals surface area contributed by atoms with Crippen molar-refractivity contribution in [1.82, 2.24) is 0 Å². The molecule has 0 rings (SSSR count). The number of hydrogen-bond donors (Lipinski definition) is 0. The lowest BCUT2D eigenvalue weighted by molar-refractivity contribution is 0.378. The summed E-state index contributed by atoms with van der Waals surface area (Å²) in [6.07, 6.45) is 9.82. The van der Waals surface area contributed by atoms with Crippen LogP contribution in [0.2, 0.25) is 0 Å². The smallest absolute Gasteiger partial charge is 0.0348 e. The first-order chi connectivity index (χ1) is 5.70. The van der Waals surface area contributed by atoms with E-state index in [9.17, 15) is 0 Å². The maximum Gasteiger partial charge on any atom is -0.0348 e. The van der Waals surface area contributed by atoms with Crippen molar-refractivity contribution in [1.29, 1.82) is 0 Å². The lowest BCUT2D eigenvalue weighted by atomic mass is 9.91. The molecule has 0 fully saturated rings. The van der Waals surface area contributed by atoms with Crippen LogP contribution in [-0.4, -0.2) is 0 Å². The molecule has 0 saturated heterocycles. The summed E-state index contributed by atoms with van der Waals surface area (Å²) in [5, 5.41) is 0. The Balaban J connectivity index is 3.52. The van der Waals surface area contributed by atoms with E-state index in [0.29, 0.717) is 0 Å². The van der Waals surface area contributed by atoms with Gasteiger partial charge in [-0.3, -0.25) is 0 Å². The predicted octanol–water partition coefficient (Wildman–Crippen LogP) is 4.42. The molecule has 0 amide bonds. The summed E-state index contributed by atoms with van der Waals surface area (Å²) in [6.45, 7) is 9.04. The van der Waals surface area contributed by atoms with E-state index in [1.165, 1.54) is 25.7 Å². The summed E-state index contributed by atoms with van der Waals surface area (Å²) in [5.41, 5.74) is 0. The highest BCUT2D eigenvalue weighted by Gasteiger charge is 2.06. The van der Waals surface area contributed by atoms with Gasteiger partial charge in [-0.05, 0) is 38.0 Å². The standard InChI is InChI=1S/C12H24/c1-5-7-8-9-12(6-2)10-11(3)4/h5,7,11-12H,6,8-10H2,1-4H3. The molecule has 1 unspecified atom stereocenters. The maximum absolute atomic E-state index is 2.32. The molecule has 0 nitrogen and oxygen atoms in total. The Morgan fingerprint density at radius 3 is 2.33 bits per heavy atom. The fourth-order valence-corrected chi connectivity index (χ4v) is 1.65. The van der Waals surface area contributed by atoms with E-state index in [1.54, 1.807) is 0 Å². The summed E-state index contributed by atoms with van der Waals surface area (Å²) in [6, 6.07) is 0. The van der Waals surface area contributed by atoms with Crippen LogP contribution >= 0.6 is 0 Å². The molecule has 1 atom stereocenters. The molecular formula is C12H24. The minimum Gasteiger partial charge on any atom is -0.0917 e. The first-order valence-electron chi connectivity index (χ1n) is 5.31. The van der Waals surface area contributed by atoms with Gasteiger partial charge in [0.2, 0.25) is 0 Å². The van der Waals surface area contributed by atoms with Crippen molar-refractivity contribution in [2.24, 2.45) is 11.8 Å². The van der Waals surface area contributed by atoms with E-state index in [0.717, 1.165) is 11.8 Å². The molecule has 72 valence electrons. The zero-order chi connectivity index (χ0) is 9.40. The van der Waals surface area contributed by atoms with Gasteiger partial charge in [0.1, 0.15) is 0 Å². The van der Waals surface area contributed by atoms with Crippen molar-refractivity contribution in [3.8, 4) is 0 Å². The normalized spacial score (nSPS) is 14.4. The van der Waals surface area contributed by atoms with E-state index < -0.39 is 0 Å². The second-order valence-electron chi connectivity index (χ2n) is 4.05. The summed E-state index contributed by atoms with van der Waals surface area (Å²) in [7, 11) is 0. The molecule has 0 aromatic carbocycles. The fourth-order valence-electron chi connectivity index (χ4n) is 1.65. The Labute approximate surface area is 78.1 Å². The van der Waals surface area contributed by atoms with Gasteiger partial charge in [-0.25, -0.2) is 0 Å². The Hall–Kier alpha value is -0.260. The molecule has 0 aromatic heterocycles. The molecule has 0 aromatic rings. The lowest BCUT2D eigenvalue weighted by Gasteiger charge is -2.15. The Bertz CT molecular complexity index is 111. The van der Waals surface area contributed by atoms with Gasteiger partial charge >= 0.3 is 0 Å². The Morgan fingerprint density at radius 1 is 1.25 bits per heavy atom. The second-order valence-corrected chi connectivity index (χ2v) is 4.05. The third kappa shape index (κ3) is 6.45. The van der Waals surface area contributed by atoms with Crippen LogP contribution in [0.4, 0.5) is 0 Å². The quantitative estimate of drug-likeness (QED) is 0.515. The Morgan fingerprint density at radius 2 is 1.92 bits per heavy atom. The average molecular weight is 168 g/mol. The number of hydrogen-bond acceptors (Lipinski definition) is 0. The third-order valence-electron chi connectivity index (χ3n) is 2.36. The number of rotatable bonds is 6. The van der Waals surface area contributed by atoms with Gasteiger partial charge in [-0.2, -0.15) is 0 Å². The molecular weight excluding hydrogens is 144 g/mol. The molecule has 0 heterocycles. The molecule has 12 heavy (non-hydrogen) atoms. The van der Waals surface area contributed by atoms with E-state index in [2.05, 4.69) is 39.8 Å². The summed E-state index contributed by atoms with van der Waals surface area (Å²) in [5.74, 6) is 1.81. The lowest BCUT2D eigenvalue weighted by Crippen LogP contribution is -2.02. The van der Waals surface area contributed by atoms with Crippen molar-refractivity contribution in [3.05, 3.63) is 12.2 Å². The second kappa shape index (κ2) is 7.39. The van der Waals surface area contributed by atoms with Gasteiger partial charge in [-0.1, -0.05) is 39.3 Å². The van der Waals surface area contributed by atoms with E-state index in [-0.39, 0.29) is 0 Å². The summed E-state index contributed by atoms with van der Waals surface area (Å²) >= 11 is 0. The van der Waals surface area contributed by atoms with Gasteiger partial charge in [0, 0.05) is 0 Å². The van der Waals surface area contributed by atoms with Gasteiger partial charge in [-0.15, -0.1) is 0 Å². The topological polar surface area (TPSA) is 0 Å². The van der Waals surface area contributed by atoms with Crippen molar-refractivity contribution in [3.63, 3.8) is 0 Å². The van der Waals surface area contributed by atoms with Crippen LogP contribution in [0.25, 0.3) is 0 Å². The van der Waals surface area contributed by atoms with Gasteiger partial charge in [0.25, 0.3) is 0 Å². The average Bonchev–Trinajstić information content (AvgIpc) is 2.02. The molecule has 0 N–H and O–H groups in total. The minimum absolute atomic E-state index is 0.862. The van der Waals surface area contributed by atoms with Crippen LogP contribution in [-0.2, 0) is 0 Å². The van der Waals surface area contributed by atoms with Gasteiger partial charge in [0.15, 0.2) is 0 Å². The summed E-state index contributed by atoms with van der Waals surface area (Å²) < 4.78 is 0. The molecule has 0 heteroatoms. The molecule has 0 aliphatic rings. The van der Waals surface area contributed by atoms with Crippen molar-refractivity contribution >= 4 is 0 Å². The maximum atomic E-state index is 2.32. The summed E-state index contributed by atoms with van der Waals surface area (Å²) in [4.78, 5) is 0. The van der Waals surface area contributed by atoms with Crippen molar-refractivity contribution < 1.29 is 0 Å². The van der Waals surface area contributed by atoms with Crippen LogP contribution in [0.1, 0.15) is 53.4 Å². The fraction of sp³-hybridized carbons (Fsp3) is 0.833. The highest BCUT2D eigenvalue weighted by molar-refractivity contribution is 4.77. The van der Waals surface area contributed by atoms with Crippen molar-refractivity contribution in [2.75, 3.05) is 0 Å². The highest BCUT2D eigenvalue weighted by atomic mass is 14.1. The molecule has 0 spiro atoms. The van der Waals surface area contributed by atoms with Crippen LogP contribution in [0.5, 0.6) is 0 Å². The van der Waals surface area contributed by atoms with Crippen LogP contribution in [0, 0.1) is 11.8 Å². The largest absolute Gasteiger partial charge is 0.0917 e. The van der Waals surface area contributed by atoms with Crippen LogP contribution < -0.4 is 0 Å². The van der Waals surface area contributed by atoms with E-state index >= 15 is 0 Å².